The molecule has 0 radical (unpaired) electrons. The molecule has 0 atom stereocenters. The first-order valence-electron chi connectivity index (χ1n) is 7.88. The van der Waals surface area contributed by atoms with Crippen molar-refractivity contribution in [1.29, 1.82) is 0 Å². The molecular formula is C18H25NO6. The number of hydrogen-bond acceptors (Lipinski definition) is 6. The minimum Gasteiger partial charge on any atom is -0.493 e. The van der Waals surface area contributed by atoms with Crippen LogP contribution in [0.15, 0.2) is 24.8 Å². The van der Waals surface area contributed by atoms with Crippen molar-refractivity contribution in [3.8, 4) is 17.2 Å². The van der Waals surface area contributed by atoms with Gasteiger partial charge in [-0.25, -0.2) is 0 Å². The number of amides is 1. The first kappa shape index (κ1) is 20.3. The van der Waals surface area contributed by atoms with Crippen molar-refractivity contribution < 1.29 is 28.5 Å². The summed E-state index contributed by atoms with van der Waals surface area (Å²) in [7, 11) is 4.45. The second-order valence-corrected chi connectivity index (χ2v) is 5.01. The van der Waals surface area contributed by atoms with Crippen LogP contribution in [0.5, 0.6) is 17.2 Å². The Morgan fingerprint density at radius 1 is 1.12 bits per heavy atom. The Balaban J connectivity index is 3.07. The predicted molar refractivity (Wildman–Crippen MR) is 93.4 cm³/mol. The molecule has 0 fully saturated rings. The quantitative estimate of drug-likeness (QED) is 0.476. The van der Waals surface area contributed by atoms with Crippen molar-refractivity contribution in [3.05, 3.63) is 30.4 Å². The van der Waals surface area contributed by atoms with Crippen LogP contribution in [0.4, 0.5) is 0 Å². The SMILES string of the molecule is C=CCN(CCC(=O)OCC)C(=O)c1cc(OC)c(OC)c(OC)c1. The third kappa shape index (κ3) is 5.41. The largest absolute Gasteiger partial charge is 0.493 e. The van der Waals surface area contributed by atoms with Crippen LogP contribution < -0.4 is 14.2 Å². The molecule has 0 spiro atoms. The average Bonchev–Trinajstić information content (AvgIpc) is 2.63. The molecule has 0 aliphatic rings. The zero-order valence-electron chi connectivity index (χ0n) is 15.2. The highest BCUT2D eigenvalue weighted by molar-refractivity contribution is 5.96. The molecule has 7 nitrogen and oxygen atoms in total. The maximum Gasteiger partial charge on any atom is 0.307 e. The highest BCUT2D eigenvalue weighted by Gasteiger charge is 2.21. The van der Waals surface area contributed by atoms with Crippen molar-refractivity contribution in [1.82, 2.24) is 4.90 Å². The van der Waals surface area contributed by atoms with E-state index in [-0.39, 0.29) is 24.8 Å². The van der Waals surface area contributed by atoms with E-state index in [9.17, 15) is 9.59 Å². The van der Waals surface area contributed by atoms with E-state index < -0.39 is 0 Å². The second kappa shape index (κ2) is 10.2. The molecular weight excluding hydrogens is 326 g/mol. The van der Waals surface area contributed by atoms with E-state index in [1.165, 1.54) is 26.2 Å². The number of rotatable bonds is 10. The van der Waals surface area contributed by atoms with Crippen molar-refractivity contribution in [2.24, 2.45) is 0 Å². The summed E-state index contributed by atoms with van der Waals surface area (Å²) in [6.07, 6.45) is 1.71. The lowest BCUT2D eigenvalue weighted by atomic mass is 10.1. The van der Waals surface area contributed by atoms with Crippen molar-refractivity contribution in [3.63, 3.8) is 0 Å². The van der Waals surface area contributed by atoms with E-state index in [1.54, 1.807) is 25.1 Å². The molecule has 0 aromatic heterocycles. The smallest absolute Gasteiger partial charge is 0.307 e. The third-order valence-corrected chi connectivity index (χ3v) is 3.44. The van der Waals surface area contributed by atoms with Gasteiger partial charge in [0.2, 0.25) is 5.75 Å². The second-order valence-electron chi connectivity index (χ2n) is 5.01. The lowest BCUT2D eigenvalue weighted by Gasteiger charge is -2.22. The lowest BCUT2D eigenvalue weighted by Crippen LogP contribution is -2.33. The zero-order valence-corrected chi connectivity index (χ0v) is 15.2. The summed E-state index contributed by atoms with van der Waals surface area (Å²) in [5.74, 6) is 0.546. The Labute approximate surface area is 148 Å². The standard InChI is InChI=1S/C18H25NO6/c1-6-9-19(10-8-16(20)25-7-2)18(21)13-11-14(22-3)17(24-5)15(12-13)23-4/h6,11-12H,1,7-10H2,2-5H3. The van der Waals surface area contributed by atoms with Crippen LogP contribution >= 0.6 is 0 Å². The molecule has 1 aromatic rings. The molecule has 0 heterocycles. The topological polar surface area (TPSA) is 74.3 Å². The number of hydrogen-bond donors (Lipinski definition) is 0. The van der Waals surface area contributed by atoms with Crippen LogP contribution in [0.3, 0.4) is 0 Å². The van der Waals surface area contributed by atoms with Gasteiger partial charge in [-0.2, -0.15) is 0 Å². The predicted octanol–water partition coefficient (Wildman–Crippen LogP) is 2.29. The Morgan fingerprint density at radius 2 is 1.72 bits per heavy atom. The molecule has 0 unspecified atom stereocenters. The van der Waals surface area contributed by atoms with E-state index >= 15 is 0 Å². The van der Waals surface area contributed by atoms with E-state index in [1.807, 2.05) is 0 Å². The minimum absolute atomic E-state index is 0.109. The zero-order chi connectivity index (χ0) is 18.8. The Kier molecular flexibility index (Phi) is 8.32. The van der Waals surface area contributed by atoms with Gasteiger partial charge in [0, 0.05) is 18.7 Å². The fourth-order valence-corrected chi connectivity index (χ4v) is 2.28. The van der Waals surface area contributed by atoms with Crippen LogP contribution in [-0.2, 0) is 9.53 Å². The van der Waals surface area contributed by atoms with Gasteiger partial charge in [0.05, 0.1) is 34.4 Å². The number of nitrogens with zero attached hydrogens (tertiary/aromatic N) is 1. The molecule has 1 rings (SSSR count). The Hall–Kier alpha value is -2.70. The summed E-state index contributed by atoms with van der Waals surface area (Å²) < 4.78 is 20.7. The van der Waals surface area contributed by atoms with Crippen LogP contribution in [0.25, 0.3) is 0 Å². The number of carbonyl (C=O) groups excluding carboxylic acids is 2. The fourth-order valence-electron chi connectivity index (χ4n) is 2.28. The molecule has 0 aliphatic carbocycles. The summed E-state index contributed by atoms with van der Waals surface area (Å²) >= 11 is 0. The lowest BCUT2D eigenvalue weighted by molar-refractivity contribution is -0.143. The molecule has 0 aliphatic heterocycles. The van der Waals surface area contributed by atoms with Crippen LogP contribution in [0.1, 0.15) is 23.7 Å². The Bertz CT molecular complexity index is 589. The van der Waals surface area contributed by atoms with Gasteiger partial charge < -0.3 is 23.8 Å². The molecule has 1 aromatic carbocycles. The maximum absolute atomic E-state index is 12.8. The normalized spacial score (nSPS) is 9.92. The maximum atomic E-state index is 12.8. The fraction of sp³-hybridized carbons (Fsp3) is 0.444. The Morgan fingerprint density at radius 3 is 2.16 bits per heavy atom. The molecule has 25 heavy (non-hydrogen) atoms. The van der Waals surface area contributed by atoms with Gasteiger partial charge in [-0.15, -0.1) is 6.58 Å². The van der Waals surface area contributed by atoms with E-state index in [0.717, 1.165) is 0 Å². The number of benzene rings is 1. The highest BCUT2D eigenvalue weighted by Crippen LogP contribution is 2.38. The molecule has 0 saturated heterocycles. The van der Waals surface area contributed by atoms with Crippen LogP contribution in [0.2, 0.25) is 0 Å². The first-order valence-corrected chi connectivity index (χ1v) is 7.88. The number of methoxy groups -OCH3 is 3. The summed E-state index contributed by atoms with van der Waals surface area (Å²) in [5, 5.41) is 0. The molecule has 7 heteroatoms. The van der Waals surface area contributed by atoms with Crippen LogP contribution in [-0.4, -0.2) is 57.8 Å². The summed E-state index contributed by atoms with van der Waals surface area (Å²) in [6.45, 7) is 6.22. The minimum atomic E-state index is -0.353. The first-order chi connectivity index (χ1) is 12.0. The van der Waals surface area contributed by atoms with Gasteiger partial charge in [-0.1, -0.05) is 6.08 Å². The number of carbonyl (C=O) groups is 2. The summed E-state index contributed by atoms with van der Waals surface area (Å²) in [5.41, 5.74) is 0.361. The monoisotopic (exact) mass is 351 g/mol. The van der Waals surface area contributed by atoms with Gasteiger partial charge in [-0.05, 0) is 19.1 Å². The van der Waals surface area contributed by atoms with E-state index in [4.69, 9.17) is 18.9 Å². The number of esters is 1. The van der Waals surface area contributed by atoms with Gasteiger partial charge in [0.15, 0.2) is 11.5 Å². The highest BCUT2D eigenvalue weighted by atomic mass is 16.5. The van der Waals surface area contributed by atoms with E-state index in [0.29, 0.717) is 36.0 Å². The molecule has 138 valence electrons. The molecule has 0 saturated carbocycles. The molecule has 0 N–H and O–H groups in total. The van der Waals surface area contributed by atoms with E-state index in [2.05, 4.69) is 6.58 Å². The summed E-state index contributed by atoms with van der Waals surface area (Å²) in [4.78, 5) is 25.9. The van der Waals surface area contributed by atoms with Gasteiger partial charge >= 0.3 is 5.97 Å². The number of ether oxygens (including phenoxy) is 4. The van der Waals surface area contributed by atoms with Gasteiger partial charge in [0.1, 0.15) is 0 Å². The van der Waals surface area contributed by atoms with Gasteiger partial charge in [0.25, 0.3) is 5.91 Å². The third-order valence-electron chi connectivity index (χ3n) is 3.44. The molecule has 1 amide bonds. The van der Waals surface area contributed by atoms with Gasteiger partial charge in [-0.3, -0.25) is 9.59 Å². The van der Waals surface area contributed by atoms with Crippen molar-refractivity contribution in [2.45, 2.75) is 13.3 Å². The summed E-state index contributed by atoms with van der Waals surface area (Å²) in [6, 6.07) is 3.15. The van der Waals surface area contributed by atoms with Crippen molar-refractivity contribution in [2.75, 3.05) is 41.0 Å². The molecule has 0 bridgehead atoms. The average molecular weight is 351 g/mol. The van der Waals surface area contributed by atoms with Crippen LogP contribution in [0, 0.1) is 0 Å². The van der Waals surface area contributed by atoms with Crippen molar-refractivity contribution >= 4 is 11.9 Å².